The minimum atomic E-state index is 0.150. The third kappa shape index (κ3) is 6.39. The number of unbranched alkanes of at least 4 members (excludes halogenated alkanes) is 1. The first kappa shape index (κ1) is 10.3. The average Bonchev–Trinajstić information content (AvgIpc) is 1.98. The van der Waals surface area contributed by atoms with E-state index in [1.54, 1.807) is 11.8 Å². The Hall–Kier alpha value is 0.270. The van der Waals surface area contributed by atoms with Crippen LogP contribution < -0.4 is 5.73 Å². The highest BCUT2D eigenvalue weighted by Crippen LogP contribution is 1.99. The third-order valence-corrected chi connectivity index (χ3v) is 1.97. The van der Waals surface area contributed by atoms with E-state index in [4.69, 9.17) is 10.5 Å². The van der Waals surface area contributed by atoms with Gasteiger partial charge in [-0.15, -0.1) is 11.8 Å². The Labute approximate surface area is 67.5 Å². The van der Waals surface area contributed by atoms with Gasteiger partial charge in [0.05, 0.1) is 12.0 Å². The summed E-state index contributed by atoms with van der Waals surface area (Å²) < 4.78 is 5.28. The molecule has 1 unspecified atom stereocenters. The zero-order valence-corrected chi connectivity index (χ0v) is 7.62. The second kappa shape index (κ2) is 7.38. The molecule has 0 aliphatic rings. The summed E-state index contributed by atoms with van der Waals surface area (Å²) in [6, 6.07) is 0. The van der Waals surface area contributed by atoms with E-state index in [0.717, 1.165) is 13.0 Å². The van der Waals surface area contributed by atoms with Crippen molar-refractivity contribution in [1.29, 1.82) is 0 Å². The van der Waals surface area contributed by atoms with Gasteiger partial charge in [-0.3, -0.25) is 0 Å². The lowest BCUT2D eigenvalue weighted by Gasteiger charge is -2.07. The predicted molar refractivity (Wildman–Crippen MR) is 47.2 cm³/mol. The molecule has 3 heteroatoms. The fraction of sp³-hybridized carbons (Fsp3) is 1.00. The van der Waals surface area contributed by atoms with Crippen molar-refractivity contribution < 1.29 is 4.74 Å². The molecule has 0 saturated carbocycles. The number of hydrogen-bond donors (Lipinski definition) is 1. The monoisotopic (exact) mass is 163 g/mol. The van der Waals surface area contributed by atoms with Crippen LogP contribution in [-0.4, -0.2) is 24.8 Å². The summed E-state index contributed by atoms with van der Waals surface area (Å²) in [6.45, 7) is 3.68. The van der Waals surface area contributed by atoms with Crippen LogP contribution in [0.1, 0.15) is 19.8 Å². The first-order valence-electron chi connectivity index (χ1n) is 3.67. The number of thioether (sulfide) groups is 1. The van der Waals surface area contributed by atoms with Gasteiger partial charge in [0, 0.05) is 6.61 Å². The minimum Gasteiger partial charge on any atom is -0.379 e. The standard InChI is InChI=1S/C7H17NOS/c1-3-4-5-9-6-7(8)10-2/h7H,3-6,8H2,1-2H3. The molecule has 0 aliphatic heterocycles. The molecular formula is C7H17NOS. The molecule has 0 radical (unpaired) electrons. The van der Waals surface area contributed by atoms with E-state index in [-0.39, 0.29) is 5.37 Å². The zero-order chi connectivity index (χ0) is 7.82. The van der Waals surface area contributed by atoms with Gasteiger partial charge in [0.1, 0.15) is 0 Å². The van der Waals surface area contributed by atoms with Crippen LogP contribution in [0.25, 0.3) is 0 Å². The SMILES string of the molecule is CCCCOCC(N)SC. The molecule has 0 heterocycles. The van der Waals surface area contributed by atoms with Crippen LogP contribution >= 0.6 is 11.8 Å². The van der Waals surface area contributed by atoms with Gasteiger partial charge in [0.15, 0.2) is 0 Å². The predicted octanol–water partition coefficient (Wildman–Crippen LogP) is 1.45. The molecule has 0 aromatic rings. The van der Waals surface area contributed by atoms with Gasteiger partial charge < -0.3 is 10.5 Å². The lowest BCUT2D eigenvalue weighted by atomic mass is 10.4. The van der Waals surface area contributed by atoms with Crippen LogP contribution in [0.3, 0.4) is 0 Å². The van der Waals surface area contributed by atoms with E-state index in [0.29, 0.717) is 6.61 Å². The highest BCUT2D eigenvalue weighted by Gasteiger charge is 1.97. The molecule has 10 heavy (non-hydrogen) atoms. The Kier molecular flexibility index (Phi) is 7.58. The molecule has 0 amide bonds. The largest absolute Gasteiger partial charge is 0.379 e. The maximum absolute atomic E-state index is 5.59. The highest BCUT2D eigenvalue weighted by molar-refractivity contribution is 7.99. The molecule has 0 bridgehead atoms. The van der Waals surface area contributed by atoms with E-state index in [1.807, 2.05) is 6.26 Å². The maximum atomic E-state index is 5.59. The summed E-state index contributed by atoms with van der Waals surface area (Å²) in [4.78, 5) is 0. The molecule has 2 nitrogen and oxygen atoms in total. The molecule has 0 spiro atoms. The van der Waals surface area contributed by atoms with Crippen molar-refractivity contribution in [2.24, 2.45) is 5.73 Å². The van der Waals surface area contributed by atoms with Crippen molar-refractivity contribution in [1.82, 2.24) is 0 Å². The van der Waals surface area contributed by atoms with Crippen molar-refractivity contribution >= 4 is 11.8 Å². The summed E-state index contributed by atoms with van der Waals surface area (Å²) in [6.07, 6.45) is 4.32. The van der Waals surface area contributed by atoms with Gasteiger partial charge in [-0.05, 0) is 12.7 Å². The van der Waals surface area contributed by atoms with E-state index in [2.05, 4.69) is 6.92 Å². The van der Waals surface area contributed by atoms with Crippen molar-refractivity contribution in [3.63, 3.8) is 0 Å². The molecule has 2 N–H and O–H groups in total. The number of rotatable bonds is 6. The molecular weight excluding hydrogens is 146 g/mol. The van der Waals surface area contributed by atoms with Crippen LogP contribution in [0.15, 0.2) is 0 Å². The van der Waals surface area contributed by atoms with E-state index >= 15 is 0 Å². The molecule has 0 aromatic carbocycles. The molecule has 1 atom stereocenters. The van der Waals surface area contributed by atoms with Crippen molar-refractivity contribution in [2.75, 3.05) is 19.5 Å². The summed E-state index contributed by atoms with van der Waals surface area (Å²) in [7, 11) is 0. The second-order valence-corrected chi connectivity index (χ2v) is 3.28. The minimum absolute atomic E-state index is 0.150. The van der Waals surface area contributed by atoms with Crippen LogP contribution in [-0.2, 0) is 4.74 Å². The fourth-order valence-corrected chi connectivity index (χ4v) is 0.746. The van der Waals surface area contributed by atoms with Gasteiger partial charge in [0.25, 0.3) is 0 Å². The Balaban J connectivity index is 2.89. The van der Waals surface area contributed by atoms with Crippen molar-refractivity contribution in [3.05, 3.63) is 0 Å². The van der Waals surface area contributed by atoms with Gasteiger partial charge in [-0.25, -0.2) is 0 Å². The summed E-state index contributed by atoms with van der Waals surface area (Å²) in [5.74, 6) is 0. The molecule has 0 fully saturated rings. The normalized spacial score (nSPS) is 13.5. The Morgan fingerprint density at radius 3 is 2.80 bits per heavy atom. The lowest BCUT2D eigenvalue weighted by molar-refractivity contribution is 0.133. The number of nitrogens with two attached hydrogens (primary N) is 1. The smallest absolute Gasteiger partial charge is 0.0741 e. The van der Waals surface area contributed by atoms with Gasteiger partial charge >= 0.3 is 0 Å². The average molecular weight is 163 g/mol. The van der Waals surface area contributed by atoms with Gasteiger partial charge in [0.2, 0.25) is 0 Å². The molecule has 62 valence electrons. The lowest BCUT2D eigenvalue weighted by Crippen LogP contribution is -2.21. The van der Waals surface area contributed by atoms with Gasteiger partial charge in [-0.2, -0.15) is 0 Å². The molecule has 0 rings (SSSR count). The first-order chi connectivity index (χ1) is 4.81. The van der Waals surface area contributed by atoms with E-state index < -0.39 is 0 Å². The highest BCUT2D eigenvalue weighted by atomic mass is 32.2. The third-order valence-electron chi connectivity index (χ3n) is 1.23. The second-order valence-electron chi connectivity index (χ2n) is 2.20. The Bertz CT molecular complexity index is 70.6. The van der Waals surface area contributed by atoms with Gasteiger partial charge in [-0.1, -0.05) is 13.3 Å². The maximum Gasteiger partial charge on any atom is 0.0741 e. The van der Waals surface area contributed by atoms with Crippen molar-refractivity contribution in [3.8, 4) is 0 Å². The summed E-state index contributed by atoms with van der Waals surface area (Å²) in [5.41, 5.74) is 5.59. The number of ether oxygens (including phenoxy) is 1. The van der Waals surface area contributed by atoms with E-state index in [9.17, 15) is 0 Å². The first-order valence-corrected chi connectivity index (χ1v) is 4.96. The molecule has 0 aliphatic carbocycles. The van der Waals surface area contributed by atoms with Crippen LogP contribution in [0.2, 0.25) is 0 Å². The summed E-state index contributed by atoms with van der Waals surface area (Å²) >= 11 is 1.64. The van der Waals surface area contributed by atoms with E-state index in [1.165, 1.54) is 6.42 Å². The van der Waals surface area contributed by atoms with Crippen molar-refractivity contribution in [2.45, 2.75) is 25.1 Å². The Morgan fingerprint density at radius 1 is 1.60 bits per heavy atom. The number of hydrogen-bond acceptors (Lipinski definition) is 3. The zero-order valence-electron chi connectivity index (χ0n) is 6.80. The topological polar surface area (TPSA) is 35.2 Å². The molecule has 0 saturated heterocycles. The Morgan fingerprint density at radius 2 is 2.30 bits per heavy atom. The van der Waals surface area contributed by atoms with Crippen LogP contribution in [0, 0.1) is 0 Å². The van der Waals surface area contributed by atoms with Crippen LogP contribution in [0.4, 0.5) is 0 Å². The summed E-state index contributed by atoms with van der Waals surface area (Å²) in [5, 5.41) is 0.150. The van der Waals surface area contributed by atoms with Crippen LogP contribution in [0.5, 0.6) is 0 Å². The molecule has 0 aromatic heterocycles. The quantitative estimate of drug-likeness (QED) is 0.475. The fourth-order valence-electron chi connectivity index (χ4n) is 0.514.